The summed E-state index contributed by atoms with van der Waals surface area (Å²) in [7, 11) is 0. The third-order valence-electron chi connectivity index (χ3n) is 7.27. The fourth-order valence-corrected chi connectivity index (χ4v) is 5.26. The van der Waals surface area contributed by atoms with E-state index < -0.39 is 5.41 Å². The van der Waals surface area contributed by atoms with Crippen molar-refractivity contribution in [2.24, 2.45) is 0 Å². The van der Waals surface area contributed by atoms with Gasteiger partial charge in [-0.15, -0.1) is 0 Å². The van der Waals surface area contributed by atoms with Crippen LogP contribution in [0.2, 0.25) is 0 Å². The molecule has 4 rings (SSSR count). The predicted octanol–water partition coefficient (Wildman–Crippen LogP) is 8.71. The summed E-state index contributed by atoms with van der Waals surface area (Å²) in [6.07, 6.45) is 0. The molecular formula is C34H38O2. The lowest BCUT2D eigenvalue weighted by atomic mass is 9.63. The van der Waals surface area contributed by atoms with Gasteiger partial charge in [0.2, 0.25) is 0 Å². The molecule has 0 bridgehead atoms. The second-order valence-corrected chi connectivity index (χ2v) is 12.0. The number of hydrogen-bond acceptors (Lipinski definition) is 2. The van der Waals surface area contributed by atoms with E-state index in [0.29, 0.717) is 0 Å². The van der Waals surface area contributed by atoms with E-state index in [4.69, 9.17) is 0 Å². The van der Waals surface area contributed by atoms with Crippen molar-refractivity contribution < 1.29 is 10.2 Å². The predicted molar refractivity (Wildman–Crippen MR) is 151 cm³/mol. The monoisotopic (exact) mass is 478 g/mol. The number of phenols is 2. The lowest BCUT2D eigenvalue weighted by Gasteiger charge is -2.40. The third kappa shape index (κ3) is 4.78. The molecule has 2 N–H and O–H groups in total. The zero-order valence-electron chi connectivity index (χ0n) is 22.6. The summed E-state index contributed by atoms with van der Waals surface area (Å²) in [6.45, 7) is 15.4. The molecule has 4 aromatic carbocycles. The Balaban J connectivity index is 2.05. The van der Waals surface area contributed by atoms with Crippen LogP contribution in [0.5, 0.6) is 11.5 Å². The van der Waals surface area contributed by atoms with Gasteiger partial charge in [-0.05, 0) is 81.0 Å². The van der Waals surface area contributed by atoms with E-state index in [9.17, 15) is 10.2 Å². The average Bonchev–Trinajstić information content (AvgIpc) is 2.83. The molecule has 2 nitrogen and oxygen atoms in total. The Morgan fingerprint density at radius 1 is 0.444 bits per heavy atom. The molecule has 36 heavy (non-hydrogen) atoms. The molecule has 0 aliphatic carbocycles. The first-order valence-electron chi connectivity index (χ1n) is 12.7. The van der Waals surface area contributed by atoms with Crippen molar-refractivity contribution in [1.82, 2.24) is 0 Å². The summed E-state index contributed by atoms with van der Waals surface area (Å²) >= 11 is 0. The number of phenolic OH excluding ortho intramolecular Hbond substituents is 2. The van der Waals surface area contributed by atoms with Gasteiger partial charge in [0.05, 0.1) is 0 Å². The van der Waals surface area contributed by atoms with Gasteiger partial charge in [0.1, 0.15) is 11.5 Å². The molecule has 0 heterocycles. The molecule has 0 atom stereocenters. The van der Waals surface area contributed by atoms with E-state index >= 15 is 0 Å². The highest BCUT2D eigenvalue weighted by Crippen LogP contribution is 2.48. The van der Waals surface area contributed by atoms with E-state index in [1.165, 1.54) is 11.1 Å². The van der Waals surface area contributed by atoms with Crippen molar-refractivity contribution in [1.29, 1.82) is 0 Å². The molecule has 0 amide bonds. The molecular weight excluding hydrogens is 440 g/mol. The Kier molecular flexibility index (Phi) is 6.51. The number of benzene rings is 4. The highest BCUT2D eigenvalue weighted by atomic mass is 16.3. The van der Waals surface area contributed by atoms with Gasteiger partial charge in [0.15, 0.2) is 0 Å². The van der Waals surface area contributed by atoms with Gasteiger partial charge in [-0.25, -0.2) is 0 Å². The van der Waals surface area contributed by atoms with Gasteiger partial charge in [-0.1, -0.05) is 108 Å². The Labute approximate surface area is 216 Å². The van der Waals surface area contributed by atoms with Crippen LogP contribution >= 0.6 is 0 Å². The number of rotatable bonds is 4. The second kappa shape index (κ2) is 9.17. The van der Waals surface area contributed by atoms with Crippen molar-refractivity contribution in [2.75, 3.05) is 0 Å². The normalized spacial score (nSPS) is 12.5. The van der Waals surface area contributed by atoms with Crippen LogP contribution in [-0.4, -0.2) is 10.2 Å². The summed E-state index contributed by atoms with van der Waals surface area (Å²) in [4.78, 5) is 0. The number of hydrogen-bond donors (Lipinski definition) is 2. The van der Waals surface area contributed by atoms with Crippen LogP contribution < -0.4 is 0 Å². The first-order chi connectivity index (χ1) is 16.8. The minimum absolute atomic E-state index is 0.182. The summed E-state index contributed by atoms with van der Waals surface area (Å²) in [6, 6.07) is 30.8. The summed E-state index contributed by atoms with van der Waals surface area (Å²) in [5.74, 6) is 0.541. The largest absolute Gasteiger partial charge is 0.508 e. The fourth-order valence-electron chi connectivity index (χ4n) is 5.26. The zero-order chi connectivity index (χ0) is 26.3. The van der Waals surface area contributed by atoms with Crippen LogP contribution in [0.3, 0.4) is 0 Å². The van der Waals surface area contributed by atoms with Gasteiger partial charge in [0.25, 0.3) is 0 Å². The Hall–Kier alpha value is -3.52. The highest BCUT2D eigenvalue weighted by Gasteiger charge is 2.39. The molecule has 0 aliphatic rings. The first kappa shape index (κ1) is 25.6. The van der Waals surface area contributed by atoms with Crippen molar-refractivity contribution in [3.8, 4) is 22.6 Å². The minimum atomic E-state index is -0.526. The fraction of sp³-hybridized carbons (Fsp3) is 0.294. The quantitative estimate of drug-likeness (QED) is 0.288. The average molecular weight is 479 g/mol. The Bertz CT molecular complexity index is 1290. The van der Waals surface area contributed by atoms with E-state index in [0.717, 1.165) is 27.8 Å². The first-order valence-corrected chi connectivity index (χ1v) is 12.7. The molecule has 0 fully saturated rings. The van der Waals surface area contributed by atoms with E-state index in [1.54, 1.807) is 12.1 Å². The molecule has 4 aromatic rings. The van der Waals surface area contributed by atoms with Crippen molar-refractivity contribution in [3.63, 3.8) is 0 Å². The summed E-state index contributed by atoms with van der Waals surface area (Å²) < 4.78 is 0. The maximum atomic E-state index is 10.5. The van der Waals surface area contributed by atoms with Crippen LogP contribution in [0.15, 0.2) is 91.0 Å². The van der Waals surface area contributed by atoms with Crippen molar-refractivity contribution >= 4 is 0 Å². The highest BCUT2D eigenvalue weighted by molar-refractivity contribution is 5.66. The van der Waals surface area contributed by atoms with Crippen LogP contribution in [0, 0.1) is 0 Å². The smallest absolute Gasteiger partial charge is 0.115 e. The summed E-state index contributed by atoms with van der Waals surface area (Å²) in [5, 5.41) is 20.9. The Morgan fingerprint density at radius 3 is 1.28 bits per heavy atom. The molecule has 0 aliphatic heterocycles. The molecule has 0 aromatic heterocycles. The lowest BCUT2D eigenvalue weighted by molar-refractivity contribution is 0.465. The van der Waals surface area contributed by atoms with Gasteiger partial charge in [-0.3, -0.25) is 0 Å². The standard InChI is InChI=1S/C34H38O2/c1-32(2,3)30-21-26(35)17-19-28(30)34(7,29-20-18-27(36)22-31(29)33(4,5)6)25-15-13-24(14-16-25)23-11-9-8-10-12-23/h8-22,35-36H,1-7H3. The Morgan fingerprint density at radius 2 is 0.861 bits per heavy atom. The van der Waals surface area contributed by atoms with Crippen LogP contribution in [0.1, 0.15) is 76.3 Å². The van der Waals surface area contributed by atoms with E-state index in [2.05, 4.69) is 109 Å². The maximum Gasteiger partial charge on any atom is 0.115 e. The molecule has 0 unspecified atom stereocenters. The van der Waals surface area contributed by atoms with E-state index in [1.807, 2.05) is 18.2 Å². The van der Waals surface area contributed by atoms with Gasteiger partial charge < -0.3 is 10.2 Å². The third-order valence-corrected chi connectivity index (χ3v) is 7.27. The minimum Gasteiger partial charge on any atom is -0.508 e. The topological polar surface area (TPSA) is 40.5 Å². The maximum absolute atomic E-state index is 10.5. The van der Waals surface area contributed by atoms with Crippen molar-refractivity contribution in [3.05, 3.63) is 119 Å². The number of aromatic hydroxyl groups is 2. The van der Waals surface area contributed by atoms with Crippen LogP contribution in [0.25, 0.3) is 11.1 Å². The summed E-state index contributed by atoms with van der Waals surface area (Å²) in [5.41, 5.74) is 7.13. The van der Waals surface area contributed by atoms with E-state index in [-0.39, 0.29) is 22.3 Å². The van der Waals surface area contributed by atoms with Crippen molar-refractivity contribution in [2.45, 2.75) is 64.7 Å². The van der Waals surface area contributed by atoms with Gasteiger partial charge in [-0.2, -0.15) is 0 Å². The molecule has 2 heteroatoms. The molecule has 0 saturated carbocycles. The lowest BCUT2D eigenvalue weighted by Crippen LogP contribution is -2.32. The van der Waals surface area contributed by atoms with Gasteiger partial charge >= 0.3 is 0 Å². The SMILES string of the molecule is CC(C)(C)c1cc(O)ccc1C(C)(c1ccc(-c2ccccc2)cc1)c1ccc(O)cc1C(C)(C)C. The molecule has 186 valence electrons. The zero-order valence-corrected chi connectivity index (χ0v) is 22.6. The molecule has 0 radical (unpaired) electrons. The molecule has 0 saturated heterocycles. The van der Waals surface area contributed by atoms with Crippen LogP contribution in [0.4, 0.5) is 0 Å². The molecule has 0 spiro atoms. The van der Waals surface area contributed by atoms with Gasteiger partial charge in [0, 0.05) is 5.41 Å². The second-order valence-electron chi connectivity index (χ2n) is 12.0. The van der Waals surface area contributed by atoms with Crippen LogP contribution in [-0.2, 0) is 16.2 Å².